The maximum Gasteiger partial charge on any atom is 0.209 e. The summed E-state index contributed by atoms with van der Waals surface area (Å²) in [6, 6.07) is 13.8. The summed E-state index contributed by atoms with van der Waals surface area (Å²) >= 11 is 0. The number of rotatable bonds is 12. The fraction of sp³-hybridized carbons (Fsp3) is 0.458. The molecular weight excluding hydrogens is 414 g/mol. The second kappa shape index (κ2) is 10.8. The smallest absolute Gasteiger partial charge is 0.209 e. The van der Waals surface area contributed by atoms with E-state index in [4.69, 9.17) is 9.47 Å². The van der Waals surface area contributed by atoms with Crippen molar-refractivity contribution < 1.29 is 22.7 Å². The van der Waals surface area contributed by atoms with E-state index in [1.165, 1.54) is 11.1 Å². The van der Waals surface area contributed by atoms with E-state index in [1.54, 1.807) is 0 Å². The highest BCUT2D eigenvalue weighted by molar-refractivity contribution is 7.88. The van der Waals surface area contributed by atoms with Gasteiger partial charge in [-0.15, -0.1) is 0 Å². The molecule has 1 N–H and O–H groups in total. The molecule has 7 heteroatoms. The molecule has 170 valence electrons. The third kappa shape index (κ3) is 7.67. The number of carbonyl (C=O) groups is 1. The minimum absolute atomic E-state index is 0.191. The molecule has 0 bridgehead atoms. The minimum atomic E-state index is -3.40. The van der Waals surface area contributed by atoms with Gasteiger partial charge in [-0.25, -0.2) is 13.1 Å². The topological polar surface area (TPSA) is 81.7 Å². The van der Waals surface area contributed by atoms with Gasteiger partial charge in [0.15, 0.2) is 5.78 Å². The molecule has 0 saturated carbocycles. The van der Waals surface area contributed by atoms with Gasteiger partial charge in [-0.3, -0.25) is 4.79 Å². The molecule has 0 radical (unpaired) electrons. The van der Waals surface area contributed by atoms with Gasteiger partial charge in [0.1, 0.15) is 18.1 Å². The van der Waals surface area contributed by atoms with Crippen LogP contribution in [-0.2, 0) is 20.2 Å². The van der Waals surface area contributed by atoms with Crippen molar-refractivity contribution in [2.24, 2.45) is 0 Å². The van der Waals surface area contributed by atoms with Gasteiger partial charge in [-0.1, -0.05) is 45.4 Å². The second-order valence-electron chi connectivity index (χ2n) is 8.25. The van der Waals surface area contributed by atoms with E-state index < -0.39 is 10.0 Å². The van der Waals surface area contributed by atoms with Crippen LogP contribution in [0.3, 0.4) is 0 Å². The monoisotopic (exact) mass is 447 g/mol. The van der Waals surface area contributed by atoms with Crippen LogP contribution < -0.4 is 14.2 Å². The first-order chi connectivity index (χ1) is 14.5. The highest BCUT2D eigenvalue weighted by Gasteiger charge is 2.25. The first-order valence-corrected chi connectivity index (χ1v) is 12.4. The van der Waals surface area contributed by atoms with Gasteiger partial charge >= 0.3 is 0 Å². The number of hydrogen-bond donors (Lipinski definition) is 1. The number of sulfonamides is 1. The molecule has 0 fully saturated rings. The molecule has 0 aliphatic carbocycles. The lowest BCUT2D eigenvalue weighted by molar-refractivity contribution is -0.119. The Balaban J connectivity index is 2.03. The fourth-order valence-corrected chi connectivity index (χ4v) is 3.73. The van der Waals surface area contributed by atoms with Crippen LogP contribution in [0.25, 0.3) is 0 Å². The van der Waals surface area contributed by atoms with Crippen LogP contribution in [0.4, 0.5) is 0 Å². The van der Waals surface area contributed by atoms with Crippen LogP contribution >= 0.6 is 0 Å². The SMILES string of the molecule is CCCCOc1ccc(C(C)(C)c2ccc(OCC(=O)CNS(C)(=O)=O)cc2)c(C)c1. The normalized spacial score (nSPS) is 11.9. The number of unbranched alkanes of at least 4 members (excludes halogenated alkanes) is 1. The molecule has 0 aliphatic heterocycles. The Hall–Kier alpha value is -2.38. The molecule has 0 aromatic heterocycles. The van der Waals surface area contributed by atoms with Crippen molar-refractivity contribution in [3.05, 3.63) is 59.2 Å². The fourth-order valence-electron chi connectivity index (χ4n) is 3.31. The predicted octanol–water partition coefficient (Wildman–Crippen LogP) is 4.00. The molecule has 0 amide bonds. The average Bonchev–Trinajstić information content (AvgIpc) is 2.70. The number of nitrogens with one attached hydrogen (secondary N) is 1. The van der Waals surface area contributed by atoms with Gasteiger partial charge in [-0.2, -0.15) is 0 Å². The summed E-state index contributed by atoms with van der Waals surface area (Å²) in [7, 11) is -3.40. The number of Topliss-reactive ketones (excluding diaryl/α,β-unsaturated/α-hetero) is 1. The van der Waals surface area contributed by atoms with Crippen LogP contribution in [0, 0.1) is 6.92 Å². The molecule has 31 heavy (non-hydrogen) atoms. The Bertz CT molecular complexity index is 982. The molecule has 0 heterocycles. The molecule has 0 atom stereocenters. The summed E-state index contributed by atoms with van der Waals surface area (Å²) in [5.74, 6) is 1.11. The Kier molecular flexibility index (Phi) is 8.65. The Morgan fingerprint density at radius 2 is 1.68 bits per heavy atom. The summed E-state index contributed by atoms with van der Waals surface area (Å²) < 4.78 is 35.6. The van der Waals surface area contributed by atoms with Gasteiger partial charge < -0.3 is 9.47 Å². The van der Waals surface area contributed by atoms with Crippen molar-refractivity contribution in [2.75, 3.05) is 26.0 Å². The summed E-state index contributed by atoms with van der Waals surface area (Å²) in [5, 5.41) is 0. The van der Waals surface area contributed by atoms with E-state index in [9.17, 15) is 13.2 Å². The van der Waals surface area contributed by atoms with E-state index in [-0.39, 0.29) is 24.3 Å². The molecule has 2 aromatic carbocycles. The number of carbonyl (C=O) groups excluding carboxylic acids is 1. The number of hydrogen-bond acceptors (Lipinski definition) is 5. The maximum atomic E-state index is 11.8. The number of ether oxygens (including phenoxy) is 2. The molecule has 0 spiro atoms. The van der Waals surface area contributed by atoms with Crippen LogP contribution in [0.1, 0.15) is 50.3 Å². The standard InChI is InChI=1S/C24H33NO5S/c1-6-7-14-29-22-12-13-23(18(2)15-22)24(3,4)19-8-10-21(11-9-19)30-17-20(26)16-25-31(5,27)28/h8-13,15,25H,6-7,14,16-17H2,1-5H3. The Labute approximate surface area is 186 Å². The van der Waals surface area contributed by atoms with Gasteiger partial charge in [0, 0.05) is 5.41 Å². The van der Waals surface area contributed by atoms with Gasteiger partial charge in [0.25, 0.3) is 0 Å². The van der Waals surface area contributed by atoms with E-state index in [0.717, 1.165) is 37.0 Å². The first kappa shape index (κ1) is 24.9. The quantitative estimate of drug-likeness (QED) is 0.498. The van der Waals surface area contributed by atoms with Crippen molar-refractivity contribution in [3.63, 3.8) is 0 Å². The third-order valence-corrected chi connectivity index (χ3v) is 5.81. The van der Waals surface area contributed by atoms with Crippen LogP contribution in [0.15, 0.2) is 42.5 Å². The van der Waals surface area contributed by atoms with Crippen molar-refractivity contribution in [2.45, 2.75) is 46.0 Å². The van der Waals surface area contributed by atoms with Crippen LogP contribution in [-0.4, -0.2) is 40.2 Å². The molecule has 6 nitrogen and oxygen atoms in total. The van der Waals surface area contributed by atoms with Gasteiger partial charge in [0.2, 0.25) is 10.0 Å². The number of aryl methyl sites for hydroxylation is 1. The molecule has 0 saturated heterocycles. The highest BCUT2D eigenvalue weighted by atomic mass is 32.2. The summed E-state index contributed by atoms with van der Waals surface area (Å²) in [6.45, 7) is 8.84. The molecule has 2 aromatic rings. The maximum absolute atomic E-state index is 11.8. The van der Waals surface area contributed by atoms with Gasteiger partial charge in [-0.05, 0) is 54.3 Å². The summed E-state index contributed by atoms with van der Waals surface area (Å²) in [6.07, 6.45) is 3.16. The number of benzene rings is 2. The number of ketones is 1. The molecule has 2 rings (SSSR count). The van der Waals surface area contributed by atoms with E-state index in [0.29, 0.717) is 5.75 Å². The van der Waals surface area contributed by atoms with Crippen LogP contribution in [0.2, 0.25) is 0 Å². The summed E-state index contributed by atoms with van der Waals surface area (Å²) in [4.78, 5) is 11.8. The molecule has 0 unspecified atom stereocenters. The van der Waals surface area contributed by atoms with E-state index in [2.05, 4.69) is 44.5 Å². The zero-order chi connectivity index (χ0) is 23.1. The highest BCUT2D eigenvalue weighted by Crippen LogP contribution is 2.35. The Morgan fingerprint density at radius 1 is 1.03 bits per heavy atom. The lowest BCUT2D eigenvalue weighted by Gasteiger charge is -2.28. The lowest BCUT2D eigenvalue weighted by atomic mass is 9.76. The lowest BCUT2D eigenvalue weighted by Crippen LogP contribution is -2.31. The largest absolute Gasteiger partial charge is 0.494 e. The molecule has 0 aliphatic rings. The third-order valence-electron chi connectivity index (χ3n) is 5.15. The van der Waals surface area contributed by atoms with E-state index in [1.807, 2.05) is 30.3 Å². The molecular formula is C24H33NO5S. The van der Waals surface area contributed by atoms with Crippen LogP contribution in [0.5, 0.6) is 11.5 Å². The van der Waals surface area contributed by atoms with Gasteiger partial charge in [0.05, 0.1) is 19.4 Å². The van der Waals surface area contributed by atoms with Crippen molar-refractivity contribution >= 4 is 15.8 Å². The minimum Gasteiger partial charge on any atom is -0.494 e. The van der Waals surface area contributed by atoms with Crippen molar-refractivity contribution in [1.29, 1.82) is 0 Å². The zero-order valence-corrected chi connectivity index (χ0v) is 19.8. The summed E-state index contributed by atoms with van der Waals surface area (Å²) in [5.41, 5.74) is 3.28. The van der Waals surface area contributed by atoms with Crippen molar-refractivity contribution in [1.82, 2.24) is 4.72 Å². The predicted molar refractivity (Wildman–Crippen MR) is 124 cm³/mol. The second-order valence-corrected chi connectivity index (χ2v) is 10.1. The Morgan fingerprint density at radius 3 is 2.26 bits per heavy atom. The average molecular weight is 448 g/mol. The van der Waals surface area contributed by atoms with E-state index >= 15 is 0 Å². The first-order valence-electron chi connectivity index (χ1n) is 10.5. The van der Waals surface area contributed by atoms with Crippen molar-refractivity contribution in [3.8, 4) is 11.5 Å². The zero-order valence-electron chi connectivity index (χ0n) is 19.0.